The number of hydrogen-bond acceptors (Lipinski definition) is 4. The van der Waals surface area contributed by atoms with Gasteiger partial charge in [0.15, 0.2) is 11.8 Å². The number of hydrogen-bond donors (Lipinski definition) is 2. The number of methoxy groups -OCH3 is 1. The molecule has 3 aromatic rings. The summed E-state index contributed by atoms with van der Waals surface area (Å²) < 4.78 is 5.20. The quantitative estimate of drug-likeness (QED) is 0.517. The van der Waals surface area contributed by atoms with E-state index in [4.69, 9.17) is 4.74 Å². The van der Waals surface area contributed by atoms with Gasteiger partial charge < -0.3 is 15.0 Å². The van der Waals surface area contributed by atoms with Crippen molar-refractivity contribution in [2.45, 2.75) is 18.9 Å². The van der Waals surface area contributed by atoms with E-state index in [0.29, 0.717) is 18.3 Å². The molecule has 0 saturated carbocycles. The summed E-state index contributed by atoms with van der Waals surface area (Å²) >= 11 is 0. The zero-order valence-corrected chi connectivity index (χ0v) is 16.8. The molecule has 0 spiro atoms. The SMILES string of the molecule is CN=C(NCc1nc(-c2ccc(OC)cc2)n[nH]1)N1CCC(c2ccccc2)C1. The molecule has 7 heteroatoms. The highest BCUT2D eigenvalue weighted by atomic mass is 16.5. The standard InChI is InChI=1S/C22H26N6O/c1-23-22(28-13-12-18(15-28)16-6-4-3-5-7-16)24-14-20-25-21(27-26-20)17-8-10-19(29-2)11-9-17/h3-11,18H,12-15H2,1-2H3,(H,23,24)(H,25,26,27). The largest absolute Gasteiger partial charge is 0.497 e. The van der Waals surface area contributed by atoms with E-state index in [2.05, 4.69) is 60.7 Å². The fraction of sp³-hybridized carbons (Fsp3) is 0.318. The van der Waals surface area contributed by atoms with Crippen LogP contribution in [-0.2, 0) is 6.54 Å². The Morgan fingerprint density at radius 2 is 2.00 bits per heavy atom. The van der Waals surface area contributed by atoms with Gasteiger partial charge in [0.05, 0.1) is 13.7 Å². The summed E-state index contributed by atoms with van der Waals surface area (Å²) in [6.45, 7) is 2.51. The minimum atomic E-state index is 0.543. The maximum atomic E-state index is 5.20. The molecule has 150 valence electrons. The summed E-state index contributed by atoms with van der Waals surface area (Å²) in [5, 5.41) is 10.7. The van der Waals surface area contributed by atoms with Gasteiger partial charge in [-0.3, -0.25) is 10.1 Å². The number of rotatable bonds is 5. The summed E-state index contributed by atoms with van der Waals surface area (Å²) in [5.41, 5.74) is 2.34. The Balaban J connectivity index is 1.35. The Bertz CT molecular complexity index is 951. The van der Waals surface area contributed by atoms with Gasteiger partial charge >= 0.3 is 0 Å². The molecule has 0 aliphatic carbocycles. The molecule has 0 amide bonds. The number of aromatic nitrogens is 3. The lowest BCUT2D eigenvalue weighted by Crippen LogP contribution is -2.39. The lowest BCUT2D eigenvalue weighted by atomic mass is 9.99. The summed E-state index contributed by atoms with van der Waals surface area (Å²) in [7, 11) is 3.47. The molecule has 0 radical (unpaired) electrons. The van der Waals surface area contributed by atoms with Crippen molar-refractivity contribution < 1.29 is 4.74 Å². The Hall–Kier alpha value is -3.35. The van der Waals surface area contributed by atoms with Gasteiger partial charge in [-0.2, -0.15) is 5.10 Å². The van der Waals surface area contributed by atoms with Gasteiger partial charge in [-0.15, -0.1) is 0 Å². The molecule has 1 aliphatic rings. The van der Waals surface area contributed by atoms with Crippen LogP contribution in [0.1, 0.15) is 23.7 Å². The van der Waals surface area contributed by atoms with Crippen LogP contribution in [0.2, 0.25) is 0 Å². The first-order valence-electron chi connectivity index (χ1n) is 9.83. The minimum absolute atomic E-state index is 0.543. The van der Waals surface area contributed by atoms with Crippen LogP contribution in [0.15, 0.2) is 59.6 Å². The predicted octanol–water partition coefficient (Wildman–Crippen LogP) is 3.05. The second-order valence-electron chi connectivity index (χ2n) is 7.08. The van der Waals surface area contributed by atoms with Gasteiger partial charge in [0.1, 0.15) is 11.6 Å². The number of likely N-dealkylation sites (tertiary alicyclic amines) is 1. The van der Waals surface area contributed by atoms with Crippen molar-refractivity contribution in [3.05, 3.63) is 66.0 Å². The van der Waals surface area contributed by atoms with Gasteiger partial charge in [-0.1, -0.05) is 30.3 Å². The van der Waals surface area contributed by atoms with Crippen LogP contribution in [0.25, 0.3) is 11.4 Å². The van der Waals surface area contributed by atoms with E-state index in [0.717, 1.165) is 42.6 Å². The van der Waals surface area contributed by atoms with Crippen molar-refractivity contribution in [1.29, 1.82) is 0 Å². The third-order valence-corrected chi connectivity index (χ3v) is 5.26. The first-order chi connectivity index (χ1) is 14.3. The highest BCUT2D eigenvalue weighted by Gasteiger charge is 2.25. The van der Waals surface area contributed by atoms with E-state index in [1.807, 2.05) is 31.3 Å². The number of nitrogens with one attached hydrogen (secondary N) is 2. The zero-order chi connectivity index (χ0) is 20.1. The van der Waals surface area contributed by atoms with Crippen LogP contribution in [0.3, 0.4) is 0 Å². The van der Waals surface area contributed by atoms with Crippen molar-refractivity contribution >= 4 is 5.96 Å². The summed E-state index contributed by atoms with van der Waals surface area (Å²) in [6, 6.07) is 18.4. The van der Waals surface area contributed by atoms with Crippen LogP contribution < -0.4 is 10.1 Å². The molecule has 2 heterocycles. The number of aliphatic imine (C=N–C) groups is 1. The highest BCUT2D eigenvalue weighted by Crippen LogP contribution is 2.27. The third-order valence-electron chi connectivity index (χ3n) is 5.26. The van der Waals surface area contributed by atoms with Gasteiger partial charge in [-0.05, 0) is 36.2 Å². The van der Waals surface area contributed by atoms with Crippen molar-refractivity contribution in [3.63, 3.8) is 0 Å². The van der Waals surface area contributed by atoms with E-state index in [9.17, 15) is 0 Å². The molecule has 1 atom stereocenters. The van der Waals surface area contributed by atoms with E-state index < -0.39 is 0 Å². The van der Waals surface area contributed by atoms with E-state index >= 15 is 0 Å². The number of guanidine groups is 1. The lowest BCUT2D eigenvalue weighted by Gasteiger charge is -2.21. The molecular weight excluding hydrogens is 364 g/mol. The normalized spacial score (nSPS) is 16.8. The lowest BCUT2D eigenvalue weighted by molar-refractivity contribution is 0.415. The van der Waals surface area contributed by atoms with Crippen molar-refractivity contribution in [2.75, 3.05) is 27.2 Å². The van der Waals surface area contributed by atoms with Crippen LogP contribution >= 0.6 is 0 Å². The molecule has 1 unspecified atom stereocenters. The second kappa shape index (κ2) is 8.77. The van der Waals surface area contributed by atoms with E-state index in [1.54, 1.807) is 7.11 Å². The first kappa shape index (κ1) is 19.0. The number of benzene rings is 2. The van der Waals surface area contributed by atoms with Crippen LogP contribution in [0.5, 0.6) is 5.75 Å². The third kappa shape index (κ3) is 4.39. The Morgan fingerprint density at radius 3 is 2.72 bits per heavy atom. The molecule has 2 aromatic carbocycles. The predicted molar refractivity (Wildman–Crippen MR) is 114 cm³/mol. The van der Waals surface area contributed by atoms with Gasteiger partial charge in [-0.25, -0.2) is 4.98 Å². The van der Waals surface area contributed by atoms with E-state index in [-0.39, 0.29) is 0 Å². The zero-order valence-electron chi connectivity index (χ0n) is 16.8. The maximum absolute atomic E-state index is 5.20. The number of nitrogens with zero attached hydrogens (tertiary/aromatic N) is 4. The molecule has 2 N–H and O–H groups in total. The maximum Gasteiger partial charge on any atom is 0.194 e. The highest BCUT2D eigenvalue weighted by molar-refractivity contribution is 5.80. The van der Waals surface area contributed by atoms with Crippen molar-refractivity contribution in [2.24, 2.45) is 4.99 Å². The van der Waals surface area contributed by atoms with Crippen LogP contribution in [-0.4, -0.2) is 53.3 Å². The van der Waals surface area contributed by atoms with Crippen LogP contribution in [0, 0.1) is 0 Å². The van der Waals surface area contributed by atoms with Crippen molar-refractivity contribution in [3.8, 4) is 17.1 Å². The van der Waals surface area contributed by atoms with Gasteiger partial charge in [0.25, 0.3) is 0 Å². The molecule has 0 bridgehead atoms. The molecule has 7 nitrogen and oxygen atoms in total. The monoisotopic (exact) mass is 390 g/mol. The Kier molecular flexibility index (Phi) is 5.74. The smallest absolute Gasteiger partial charge is 0.194 e. The fourth-order valence-electron chi connectivity index (χ4n) is 3.69. The molecular formula is C22H26N6O. The topological polar surface area (TPSA) is 78.4 Å². The Labute approximate surface area is 170 Å². The van der Waals surface area contributed by atoms with Crippen molar-refractivity contribution in [1.82, 2.24) is 25.4 Å². The molecule has 1 aliphatic heterocycles. The Morgan fingerprint density at radius 1 is 1.21 bits per heavy atom. The molecule has 1 fully saturated rings. The minimum Gasteiger partial charge on any atom is -0.497 e. The summed E-state index contributed by atoms with van der Waals surface area (Å²) in [6.07, 6.45) is 1.13. The number of ether oxygens (including phenoxy) is 1. The molecule has 4 rings (SSSR count). The van der Waals surface area contributed by atoms with E-state index in [1.165, 1.54) is 5.56 Å². The number of H-pyrrole nitrogens is 1. The van der Waals surface area contributed by atoms with Gasteiger partial charge in [0, 0.05) is 31.6 Å². The van der Waals surface area contributed by atoms with Gasteiger partial charge in [0.2, 0.25) is 0 Å². The molecule has 1 aromatic heterocycles. The second-order valence-corrected chi connectivity index (χ2v) is 7.08. The summed E-state index contributed by atoms with van der Waals surface area (Å²) in [4.78, 5) is 11.3. The average molecular weight is 390 g/mol. The molecule has 1 saturated heterocycles. The van der Waals surface area contributed by atoms with Crippen LogP contribution in [0.4, 0.5) is 0 Å². The number of aromatic amines is 1. The average Bonchev–Trinajstić information content (AvgIpc) is 3.45. The first-order valence-corrected chi connectivity index (χ1v) is 9.83. The fourth-order valence-corrected chi connectivity index (χ4v) is 3.69. The molecule has 29 heavy (non-hydrogen) atoms. The summed E-state index contributed by atoms with van der Waals surface area (Å²) in [5.74, 6) is 3.70.